The molecule has 3 aromatic rings. The summed E-state index contributed by atoms with van der Waals surface area (Å²) < 4.78 is 5.49. The molecule has 1 aromatic carbocycles. The second-order valence-electron chi connectivity index (χ2n) is 5.44. The number of aromatic nitrogens is 1. The third-order valence-corrected chi connectivity index (χ3v) is 5.32. The van der Waals surface area contributed by atoms with Gasteiger partial charge in [-0.3, -0.25) is 4.79 Å². The molecule has 0 N–H and O–H groups in total. The second-order valence-corrected chi connectivity index (χ2v) is 7.25. The molecule has 0 aliphatic carbocycles. The number of amides is 1. The fraction of sp³-hybridized carbons (Fsp3) is 0.167. The highest BCUT2D eigenvalue weighted by Crippen LogP contribution is 2.29. The molecule has 7 heteroatoms. The Morgan fingerprint density at radius 1 is 1.08 bits per heavy atom. The van der Waals surface area contributed by atoms with Crippen LogP contribution in [0, 0.1) is 0 Å². The maximum Gasteiger partial charge on any atom is 0.358 e. The summed E-state index contributed by atoms with van der Waals surface area (Å²) in [5.74, 6) is -0.906. The van der Waals surface area contributed by atoms with Gasteiger partial charge in [-0.25, -0.2) is 9.78 Å². The van der Waals surface area contributed by atoms with Crippen LogP contribution in [0.2, 0.25) is 0 Å². The average molecular weight is 372 g/mol. The highest BCUT2D eigenvalue weighted by atomic mass is 32.1. The van der Waals surface area contributed by atoms with Gasteiger partial charge in [0.05, 0.1) is 4.88 Å². The van der Waals surface area contributed by atoms with Crippen LogP contribution in [0.5, 0.6) is 0 Å². The summed E-state index contributed by atoms with van der Waals surface area (Å²) in [5, 5.41) is 4.37. The SMILES string of the molecule is CN(C)C(=O)[C@@H](OC(=O)c1csc(-c2cccs2)n1)c1ccccc1. The van der Waals surface area contributed by atoms with Crippen molar-refractivity contribution in [1.29, 1.82) is 0 Å². The maximum atomic E-state index is 12.5. The number of carbonyl (C=O) groups is 2. The van der Waals surface area contributed by atoms with E-state index in [-0.39, 0.29) is 11.6 Å². The van der Waals surface area contributed by atoms with Crippen molar-refractivity contribution in [3.05, 3.63) is 64.5 Å². The molecule has 0 bridgehead atoms. The van der Waals surface area contributed by atoms with E-state index in [1.54, 1.807) is 55.1 Å². The van der Waals surface area contributed by atoms with Gasteiger partial charge < -0.3 is 9.64 Å². The van der Waals surface area contributed by atoms with Crippen LogP contribution in [-0.2, 0) is 9.53 Å². The first-order chi connectivity index (χ1) is 12.1. The van der Waals surface area contributed by atoms with E-state index in [1.807, 2.05) is 23.6 Å². The number of carbonyl (C=O) groups excluding carboxylic acids is 2. The van der Waals surface area contributed by atoms with Gasteiger partial charge in [-0.05, 0) is 11.4 Å². The minimum atomic E-state index is -0.990. The summed E-state index contributed by atoms with van der Waals surface area (Å²) >= 11 is 2.93. The van der Waals surface area contributed by atoms with Crippen molar-refractivity contribution >= 4 is 34.6 Å². The maximum absolute atomic E-state index is 12.5. The number of ether oxygens (including phenoxy) is 1. The molecule has 1 amide bonds. The second kappa shape index (κ2) is 7.58. The molecule has 0 aliphatic rings. The summed E-state index contributed by atoms with van der Waals surface area (Å²) in [6.07, 6.45) is -0.990. The predicted octanol–water partition coefficient (Wildman–Crippen LogP) is 3.86. The monoisotopic (exact) mass is 372 g/mol. The minimum absolute atomic E-state index is 0.209. The van der Waals surface area contributed by atoms with Crippen molar-refractivity contribution in [2.75, 3.05) is 14.1 Å². The van der Waals surface area contributed by atoms with Crippen molar-refractivity contribution in [3.63, 3.8) is 0 Å². The van der Waals surface area contributed by atoms with Gasteiger partial charge in [0.1, 0.15) is 5.01 Å². The Bertz CT molecular complexity index is 858. The average Bonchev–Trinajstić information content (AvgIpc) is 3.30. The van der Waals surface area contributed by atoms with Gasteiger partial charge in [-0.1, -0.05) is 36.4 Å². The lowest BCUT2D eigenvalue weighted by Crippen LogP contribution is -2.31. The Morgan fingerprint density at radius 3 is 2.48 bits per heavy atom. The van der Waals surface area contributed by atoms with Crippen molar-refractivity contribution in [2.45, 2.75) is 6.10 Å². The standard InChI is InChI=1S/C18H16N2O3S2/c1-20(2)17(21)15(12-7-4-3-5-8-12)23-18(22)13-11-25-16(19-13)14-9-6-10-24-14/h3-11,15H,1-2H3/t15-/m0/s1. The fourth-order valence-corrected chi connectivity index (χ4v) is 3.78. The van der Waals surface area contributed by atoms with Crippen LogP contribution in [0.25, 0.3) is 9.88 Å². The Morgan fingerprint density at radius 2 is 1.84 bits per heavy atom. The number of rotatable bonds is 5. The number of likely N-dealkylation sites (N-methyl/N-ethyl adjacent to an activating group) is 1. The number of hydrogen-bond acceptors (Lipinski definition) is 6. The molecule has 2 aromatic heterocycles. The normalized spacial score (nSPS) is 11.8. The lowest BCUT2D eigenvalue weighted by atomic mass is 10.1. The summed E-state index contributed by atoms with van der Waals surface area (Å²) in [4.78, 5) is 31.7. The molecule has 1 atom stereocenters. The number of esters is 1. The quantitative estimate of drug-likeness (QED) is 0.638. The van der Waals surface area contributed by atoms with Gasteiger partial charge in [0.25, 0.3) is 5.91 Å². The summed E-state index contributed by atoms with van der Waals surface area (Å²) in [6, 6.07) is 12.8. The number of thiophene rings is 1. The molecular weight excluding hydrogens is 356 g/mol. The first-order valence-electron chi connectivity index (χ1n) is 7.53. The zero-order chi connectivity index (χ0) is 17.8. The lowest BCUT2D eigenvalue weighted by molar-refractivity contribution is -0.138. The largest absolute Gasteiger partial charge is 0.443 e. The van der Waals surface area contributed by atoms with E-state index in [2.05, 4.69) is 4.98 Å². The molecule has 3 rings (SSSR count). The van der Waals surface area contributed by atoms with E-state index in [4.69, 9.17) is 4.74 Å². The minimum Gasteiger partial charge on any atom is -0.443 e. The van der Waals surface area contributed by atoms with Gasteiger partial charge >= 0.3 is 5.97 Å². The van der Waals surface area contributed by atoms with E-state index in [9.17, 15) is 9.59 Å². The molecule has 0 fully saturated rings. The van der Waals surface area contributed by atoms with Crippen molar-refractivity contribution in [3.8, 4) is 9.88 Å². The number of thiazole rings is 1. The van der Waals surface area contributed by atoms with E-state index in [0.29, 0.717) is 5.56 Å². The smallest absolute Gasteiger partial charge is 0.358 e. The molecule has 2 heterocycles. The summed E-state index contributed by atoms with van der Waals surface area (Å²) in [7, 11) is 3.26. The fourth-order valence-electron chi connectivity index (χ4n) is 2.17. The molecule has 0 radical (unpaired) electrons. The Kier molecular flexibility index (Phi) is 5.25. The highest BCUT2D eigenvalue weighted by molar-refractivity contribution is 7.20. The van der Waals surface area contributed by atoms with Gasteiger partial charge in [-0.15, -0.1) is 22.7 Å². The molecule has 0 saturated heterocycles. The number of benzene rings is 1. The molecule has 0 spiro atoms. The van der Waals surface area contributed by atoms with E-state index < -0.39 is 12.1 Å². The first kappa shape index (κ1) is 17.3. The Labute approximate surface area is 153 Å². The van der Waals surface area contributed by atoms with Crippen LogP contribution < -0.4 is 0 Å². The van der Waals surface area contributed by atoms with Gasteiger partial charge in [0, 0.05) is 25.0 Å². The van der Waals surface area contributed by atoms with Gasteiger partial charge in [0.15, 0.2) is 5.69 Å². The van der Waals surface area contributed by atoms with Crippen LogP contribution in [0.3, 0.4) is 0 Å². The van der Waals surface area contributed by atoms with Crippen LogP contribution in [0.15, 0.2) is 53.2 Å². The zero-order valence-electron chi connectivity index (χ0n) is 13.7. The first-order valence-corrected chi connectivity index (χ1v) is 9.28. The predicted molar refractivity (Wildman–Crippen MR) is 98.7 cm³/mol. The van der Waals surface area contributed by atoms with E-state index in [1.165, 1.54) is 16.2 Å². The molecule has 25 heavy (non-hydrogen) atoms. The Balaban J connectivity index is 1.82. The van der Waals surface area contributed by atoms with Crippen molar-refractivity contribution < 1.29 is 14.3 Å². The van der Waals surface area contributed by atoms with Crippen molar-refractivity contribution in [1.82, 2.24) is 9.88 Å². The molecule has 0 saturated carbocycles. The van der Waals surface area contributed by atoms with Gasteiger partial charge in [0.2, 0.25) is 6.10 Å². The number of nitrogens with zero attached hydrogens (tertiary/aromatic N) is 2. The lowest BCUT2D eigenvalue weighted by Gasteiger charge is -2.20. The summed E-state index contributed by atoms with van der Waals surface area (Å²) in [5.41, 5.74) is 0.837. The van der Waals surface area contributed by atoms with Crippen LogP contribution in [-0.4, -0.2) is 35.9 Å². The third kappa shape index (κ3) is 3.94. The topological polar surface area (TPSA) is 59.5 Å². The molecular formula is C18H16N2O3S2. The van der Waals surface area contributed by atoms with Crippen LogP contribution >= 0.6 is 22.7 Å². The molecule has 0 aliphatic heterocycles. The van der Waals surface area contributed by atoms with Crippen LogP contribution in [0.4, 0.5) is 0 Å². The van der Waals surface area contributed by atoms with Crippen LogP contribution in [0.1, 0.15) is 22.2 Å². The molecule has 128 valence electrons. The van der Waals surface area contributed by atoms with Crippen molar-refractivity contribution in [2.24, 2.45) is 0 Å². The van der Waals surface area contributed by atoms with E-state index >= 15 is 0 Å². The zero-order valence-corrected chi connectivity index (χ0v) is 15.3. The summed E-state index contributed by atoms with van der Waals surface area (Å²) in [6.45, 7) is 0. The van der Waals surface area contributed by atoms with E-state index in [0.717, 1.165) is 9.88 Å². The number of hydrogen-bond donors (Lipinski definition) is 0. The van der Waals surface area contributed by atoms with Gasteiger partial charge in [-0.2, -0.15) is 0 Å². The molecule has 5 nitrogen and oxygen atoms in total. The Hall–Kier alpha value is -2.51. The molecule has 0 unspecified atom stereocenters. The third-order valence-electron chi connectivity index (χ3n) is 3.44. The highest BCUT2D eigenvalue weighted by Gasteiger charge is 2.28.